The smallest absolute Gasteiger partial charge is 0.239 e. The number of nitrogens with one attached hydrogen (secondary N) is 1. The number of nitrogens with zero attached hydrogens (tertiary/aromatic N) is 1. The van der Waals surface area contributed by atoms with Gasteiger partial charge in [0, 0.05) is 20.1 Å². The summed E-state index contributed by atoms with van der Waals surface area (Å²) in [4.78, 5) is 14.1. The van der Waals surface area contributed by atoms with Gasteiger partial charge in [-0.15, -0.1) is 0 Å². The fourth-order valence-electron chi connectivity index (χ4n) is 2.85. The van der Waals surface area contributed by atoms with Crippen LogP contribution in [0.3, 0.4) is 0 Å². The SMILES string of the molecule is CN1CCN[C@H](Cc2ccccc2-c2ccccc2)C1=O. The molecule has 1 saturated heterocycles. The maximum atomic E-state index is 12.2. The molecule has 0 spiro atoms. The van der Waals surface area contributed by atoms with Crippen LogP contribution in [0.25, 0.3) is 11.1 Å². The number of piperazine rings is 1. The van der Waals surface area contributed by atoms with Gasteiger partial charge >= 0.3 is 0 Å². The van der Waals surface area contributed by atoms with Gasteiger partial charge in [-0.1, -0.05) is 54.6 Å². The van der Waals surface area contributed by atoms with E-state index in [1.54, 1.807) is 0 Å². The topological polar surface area (TPSA) is 32.3 Å². The van der Waals surface area contributed by atoms with E-state index in [2.05, 4.69) is 29.6 Å². The summed E-state index contributed by atoms with van der Waals surface area (Å²) in [5.74, 6) is 0.184. The Labute approximate surface area is 125 Å². The highest BCUT2D eigenvalue weighted by atomic mass is 16.2. The molecule has 3 heteroatoms. The summed E-state index contributed by atoms with van der Waals surface area (Å²) < 4.78 is 0. The van der Waals surface area contributed by atoms with E-state index in [-0.39, 0.29) is 11.9 Å². The molecular weight excluding hydrogens is 260 g/mol. The molecule has 0 radical (unpaired) electrons. The van der Waals surface area contributed by atoms with Gasteiger partial charge in [-0.2, -0.15) is 0 Å². The number of carbonyl (C=O) groups is 1. The van der Waals surface area contributed by atoms with E-state index >= 15 is 0 Å². The normalized spacial score (nSPS) is 18.8. The van der Waals surface area contributed by atoms with Crippen LogP contribution in [0, 0.1) is 0 Å². The van der Waals surface area contributed by atoms with Crippen molar-refractivity contribution in [3.63, 3.8) is 0 Å². The maximum absolute atomic E-state index is 12.2. The fourth-order valence-corrected chi connectivity index (χ4v) is 2.85. The van der Waals surface area contributed by atoms with Crippen LogP contribution in [0.5, 0.6) is 0 Å². The van der Waals surface area contributed by atoms with Crippen molar-refractivity contribution in [1.29, 1.82) is 0 Å². The van der Waals surface area contributed by atoms with Crippen molar-refractivity contribution >= 4 is 5.91 Å². The van der Waals surface area contributed by atoms with E-state index in [9.17, 15) is 4.79 Å². The third-order valence-corrected chi connectivity index (χ3v) is 4.04. The van der Waals surface area contributed by atoms with Gasteiger partial charge in [-0.3, -0.25) is 4.79 Å². The molecule has 1 aliphatic rings. The summed E-state index contributed by atoms with van der Waals surface area (Å²) in [6.45, 7) is 1.65. The standard InChI is InChI=1S/C18H20N2O/c1-20-12-11-19-17(18(20)21)13-15-9-5-6-10-16(15)14-7-3-2-4-8-14/h2-10,17,19H,11-13H2,1H3/t17-/m1/s1. The van der Waals surface area contributed by atoms with E-state index < -0.39 is 0 Å². The van der Waals surface area contributed by atoms with Crippen LogP contribution in [-0.4, -0.2) is 37.0 Å². The minimum atomic E-state index is -0.117. The van der Waals surface area contributed by atoms with Crippen LogP contribution in [0.15, 0.2) is 54.6 Å². The van der Waals surface area contributed by atoms with Gasteiger partial charge < -0.3 is 10.2 Å². The van der Waals surface area contributed by atoms with Gasteiger partial charge in [-0.05, 0) is 23.1 Å². The Morgan fingerprint density at radius 2 is 1.81 bits per heavy atom. The molecule has 2 aromatic carbocycles. The molecule has 1 N–H and O–H groups in total. The highest BCUT2D eigenvalue weighted by Gasteiger charge is 2.26. The Hall–Kier alpha value is -2.13. The van der Waals surface area contributed by atoms with Crippen molar-refractivity contribution in [2.24, 2.45) is 0 Å². The zero-order chi connectivity index (χ0) is 14.7. The number of carbonyl (C=O) groups excluding carboxylic acids is 1. The van der Waals surface area contributed by atoms with Crippen molar-refractivity contribution < 1.29 is 4.79 Å². The van der Waals surface area contributed by atoms with Gasteiger partial charge in [0.05, 0.1) is 6.04 Å². The third kappa shape index (κ3) is 2.98. The van der Waals surface area contributed by atoms with Crippen LogP contribution in [0.1, 0.15) is 5.56 Å². The third-order valence-electron chi connectivity index (χ3n) is 4.04. The Morgan fingerprint density at radius 1 is 1.10 bits per heavy atom. The van der Waals surface area contributed by atoms with Crippen molar-refractivity contribution in [1.82, 2.24) is 10.2 Å². The van der Waals surface area contributed by atoms with Crippen LogP contribution in [0.4, 0.5) is 0 Å². The first-order valence-corrected chi connectivity index (χ1v) is 7.37. The predicted molar refractivity (Wildman–Crippen MR) is 85.0 cm³/mol. The van der Waals surface area contributed by atoms with Gasteiger partial charge in [-0.25, -0.2) is 0 Å². The second-order valence-electron chi connectivity index (χ2n) is 5.49. The Balaban J connectivity index is 1.88. The summed E-state index contributed by atoms with van der Waals surface area (Å²) in [6, 6.07) is 18.6. The molecule has 0 bridgehead atoms. The first kappa shape index (κ1) is 13.8. The lowest BCUT2D eigenvalue weighted by Gasteiger charge is -2.30. The van der Waals surface area contributed by atoms with Crippen LogP contribution in [-0.2, 0) is 11.2 Å². The van der Waals surface area contributed by atoms with E-state index in [1.807, 2.05) is 42.3 Å². The van der Waals surface area contributed by atoms with E-state index in [0.717, 1.165) is 19.5 Å². The maximum Gasteiger partial charge on any atom is 0.239 e. The van der Waals surface area contributed by atoms with Crippen molar-refractivity contribution in [2.45, 2.75) is 12.5 Å². The molecule has 0 aromatic heterocycles. The molecule has 2 aromatic rings. The summed E-state index contributed by atoms with van der Waals surface area (Å²) in [6.07, 6.45) is 0.730. The van der Waals surface area contributed by atoms with Crippen molar-refractivity contribution in [2.75, 3.05) is 20.1 Å². The van der Waals surface area contributed by atoms with Gasteiger partial charge in [0.2, 0.25) is 5.91 Å². The molecule has 1 amide bonds. The van der Waals surface area contributed by atoms with E-state index in [1.165, 1.54) is 16.7 Å². The Bertz CT molecular complexity index is 624. The van der Waals surface area contributed by atoms with Crippen LogP contribution < -0.4 is 5.32 Å². The Morgan fingerprint density at radius 3 is 2.62 bits per heavy atom. The van der Waals surface area contributed by atoms with E-state index in [0.29, 0.717) is 0 Å². The molecule has 1 fully saturated rings. The highest BCUT2D eigenvalue weighted by molar-refractivity contribution is 5.83. The van der Waals surface area contributed by atoms with Gasteiger partial charge in [0.1, 0.15) is 0 Å². The predicted octanol–water partition coefficient (Wildman–Crippen LogP) is 2.33. The molecule has 3 nitrogen and oxygen atoms in total. The van der Waals surface area contributed by atoms with Gasteiger partial charge in [0.25, 0.3) is 0 Å². The summed E-state index contributed by atoms with van der Waals surface area (Å²) >= 11 is 0. The monoisotopic (exact) mass is 280 g/mol. The first-order valence-electron chi connectivity index (χ1n) is 7.37. The van der Waals surface area contributed by atoms with Crippen molar-refractivity contribution in [3.8, 4) is 11.1 Å². The number of hydrogen-bond donors (Lipinski definition) is 1. The van der Waals surface area contributed by atoms with Gasteiger partial charge in [0.15, 0.2) is 0 Å². The lowest BCUT2D eigenvalue weighted by Crippen LogP contribution is -2.54. The molecule has 1 heterocycles. The molecule has 0 aliphatic carbocycles. The number of amides is 1. The van der Waals surface area contributed by atoms with Crippen molar-refractivity contribution in [3.05, 3.63) is 60.2 Å². The Kier molecular flexibility index (Phi) is 4.02. The second kappa shape index (κ2) is 6.10. The molecule has 3 rings (SSSR count). The zero-order valence-corrected chi connectivity index (χ0v) is 12.3. The number of rotatable bonds is 3. The zero-order valence-electron chi connectivity index (χ0n) is 12.3. The summed E-state index contributed by atoms with van der Waals surface area (Å²) in [5, 5.41) is 3.34. The number of hydrogen-bond acceptors (Lipinski definition) is 2. The minimum Gasteiger partial charge on any atom is -0.343 e. The highest BCUT2D eigenvalue weighted by Crippen LogP contribution is 2.24. The molecule has 1 aliphatic heterocycles. The van der Waals surface area contributed by atoms with E-state index in [4.69, 9.17) is 0 Å². The lowest BCUT2D eigenvalue weighted by molar-refractivity contribution is -0.134. The van der Waals surface area contributed by atoms with Crippen LogP contribution >= 0.6 is 0 Å². The summed E-state index contributed by atoms with van der Waals surface area (Å²) in [5.41, 5.74) is 3.62. The average Bonchev–Trinajstić information content (AvgIpc) is 2.53. The fraction of sp³-hybridized carbons (Fsp3) is 0.278. The number of likely N-dealkylation sites (N-methyl/N-ethyl adjacent to an activating group) is 1. The quantitative estimate of drug-likeness (QED) is 0.936. The molecule has 0 unspecified atom stereocenters. The molecule has 0 saturated carbocycles. The molecular formula is C18H20N2O. The molecule has 1 atom stereocenters. The molecule has 21 heavy (non-hydrogen) atoms. The van der Waals surface area contributed by atoms with Crippen LogP contribution in [0.2, 0.25) is 0 Å². The minimum absolute atomic E-state index is 0.117. The summed E-state index contributed by atoms with van der Waals surface area (Å²) in [7, 11) is 1.87. The number of benzene rings is 2. The molecule has 108 valence electrons. The average molecular weight is 280 g/mol. The largest absolute Gasteiger partial charge is 0.343 e. The first-order chi connectivity index (χ1) is 10.3. The lowest BCUT2D eigenvalue weighted by atomic mass is 9.94. The second-order valence-corrected chi connectivity index (χ2v) is 5.49.